The van der Waals surface area contributed by atoms with Gasteiger partial charge in [0.2, 0.25) is 0 Å². The SMILES string of the molecule is C[C@@H]1C[C@H](c2cnc3c(c2)ncc2[nH]c(Cc4cscn4)nc23)CCO1. The van der Waals surface area contributed by atoms with Gasteiger partial charge in [0.25, 0.3) is 0 Å². The Hall–Kier alpha value is -2.38. The predicted molar refractivity (Wildman–Crippen MR) is 101 cm³/mol. The summed E-state index contributed by atoms with van der Waals surface area (Å²) in [7, 11) is 0. The molecule has 4 aromatic heterocycles. The Kier molecular flexibility index (Phi) is 3.90. The molecule has 132 valence electrons. The third-order valence-corrected chi connectivity index (χ3v) is 5.65. The number of hydrogen-bond donors (Lipinski definition) is 1. The molecule has 0 saturated carbocycles. The molecule has 1 fully saturated rings. The Balaban J connectivity index is 1.52. The van der Waals surface area contributed by atoms with E-state index in [1.165, 1.54) is 5.56 Å². The van der Waals surface area contributed by atoms with Gasteiger partial charge >= 0.3 is 0 Å². The Bertz CT molecular complexity index is 1060. The first-order valence-electron chi connectivity index (χ1n) is 8.88. The number of hydrogen-bond acceptors (Lipinski definition) is 6. The molecule has 5 rings (SSSR count). The predicted octanol–water partition coefficient (Wildman–Crippen LogP) is 3.84. The number of pyridine rings is 2. The van der Waals surface area contributed by atoms with Gasteiger partial charge in [0.1, 0.15) is 16.9 Å². The van der Waals surface area contributed by atoms with Crippen molar-refractivity contribution in [1.29, 1.82) is 0 Å². The Morgan fingerprint density at radius 1 is 1.23 bits per heavy atom. The van der Waals surface area contributed by atoms with Crippen LogP contribution in [0.2, 0.25) is 0 Å². The number of rotatable bonds is 3. The average molecular weight is 365 g/mol. The topological polar surface area (TPSA) is 76.6 Å². The maximum absolute atomic E-state index is 5.67. The van der Waals surface area contributed by atoms with Gasteiger partial charge in [0, 0.05) is 24.6 Å². The van der Waals surface area contributed by atoms with Crippen LogP contribution in [-0.4, -0.2) is 37.6 Å². The van der Waals surface area contributed by atoms with Gasteiger partial charge in [-0.25, -0.2) is 9.97 Å². The first kappa shape index (κ1) is 15.8. The molecular formula is C19H19N5OS. The Morgan fingerprint density at radius 3 is 3.04 bits per heavy atom. The second kappa shape index (κ2) is 6.41. The maximum Gasteiger partial charge on any atom is 0.118 e. The van der Waals surface area contributed by atoms with Crippen LogP contribution < -0.4 is 0 Å². The van der Waals surface area contributed by atoms with Gasteiger partial charge in [-0.15, -0.1) is 11.3 Å². The Labute approximate surface area is 154 Å². The van der Waals surface area contributed by atoms with Crippen molar-refractivity contribution in [2.24, 2.45) is 0 Å². The van der Waals surface area contributed by atoms with Gasteiger partial charge in [-0.05, 0) is 37.3 Å². The maximum atomic E-state index is 5.67. The fourth-order valence-electron chi connectivity index (χ4n) is 3.70. The minimum absolute atomic E-state index is 0.305. The van der Waals surface area contributed by atoms with E-state index in [0.717, 1.165) is 53.0 Å². The molecule has 5 heterocycles. The van der Waals surface area contributed by atoms with Crippen molar-refractivity contribution in [2.75, 3.05) is 6.61 Å². The molecule has 0 aromatic carbocycles. The van der Waals surface area contributed by atoms with Gasteiger partial charge in [0.05, 0.1) is 34.5 Å². The molecule has 1 aliphatic heterocycles. The monoisotopic (exact) mass is 365 g/mol. The van der Waals surface area contributed by atoms with Gasteiger partial charge in [-0.1, -0.05) is 0 Å². The fourth-order valence-corrected chi connectivity index (χ4v) is 4.26. The lowest BCUT2D eigenvalue weighted by Gasteiger charge is -2.27. The number of nitrogens with one attached hydrogen (secondary N) is 1. The molecular weight excluding hydrogens is 346 g/mol. The zero-order valence-electron chi connectivity index (χ0n) is 14.5. The molecule has 0 aliphatic carbocycles. The molecule has 0 unspecified atom stereocenters. The molecule has 1 aliphatic rings. The molecule has 1 N–H and O–H groups in total. The third kappa shape index (κ3) is 2.87. The number of aromatic amines is 1. The second-order valence-corrected chi connectivity index (χ2v) is 7.62. The van der Waals surface area contributed by atoms with Gasteiger partial charge < -0.3 is 9.72 Å². The number of imidazole rings is 1. The van der Waals surface area contributed by atoms with E-state index in [4.69, 9.17) is 14.7 Å². The van der Waals surface area contributed by atoms with Crippen molar-refractivity contribution < 1.29 is 4.74 Å². The van der Waals surface area contributed by atoms with Crippen LogP contribution in [0.3, 0.4) is 0 Å². The van der Waals surface area contributed by atoms with Crippen LogP contribution in [0.15, 0.2) is 29.4 Å². The minimum Gasteiger partial charge on any atom is -0.378 e. The number of nitrogens with zero attached hydrogens (tertiary/aromatic N) is 4. The number of thiazole rings is 1. The van der Waals surface area contributed by atoms with Crippen LogP contribution >= 0.6 is 11.3 Å². The summed E-state index contributed by atoms with van der Waals surface area (Å²) >= 11 is 1.60. The number of aromatic nitrogens is 5. The van der Waals surface area contributed by atoms with E-state index in [1.54, 1.807) is 11.3 Å². The fraction of sp³-hybridized carbons (Fsp3) is 0.368. The number of H-pyrrole nitrogens is 1. The summed E-state index contributed by atoms with van der Waals surface area (Å²) in [5.41, 5.74) is 7.67. The van der Waals surface area contributed by atoms with Crippen molar-refractivity contribution in [3.8, 4) is 0 Å². The van der Waals surface area contributed by atoms with Crippen molar-refractivity contribution in [2.45, 2.75) is 38.2 Å². The van der Waals surface area contributed by atoms with Crippen LogP contribution in [0, 0.1) is 0 Å². The van der Waals surface area contributed by atoms with Crippen LogP contribution in [0.5, 0.6) is 0 Å². The van der Waals surface area contributed by atoms with Gasteiger partial charge in [-0.2, -0.15) is 0 Å². The van der Waals surface area contributed by atoms with Gasteiger partial charge in [0.15, 0.2) is 0 Å². The van der Waals surface area contributed by atoms with Crippen LogP contribution in [0.4, 0.5) is 0 Å². The van der Waals surface area contributed by atoms with Gasteiger partial charge in [-0.3, -0.25) is 9.97 Å². The molecule has 0 spiro atoms. The summed E-state index contributed by atoms with van der Waals surface area (Å²) in [6, 6.07) is 2.17. The average Bonchev–Trinajstić information content (AvgIpc) is 3.31. The normalized spacial score (nSPS) is 20.8. The molecule has 0 bridgehead atoms. The highest BCUT2D eigenvalue weighted by Gasteiger charge is 2.22. The molecule has 4 aromatic rings. The summed E-state index contributed by atoms with van der Waals surface area (Å²) in [5.74, 6) is 1.39. The molecule has 2 atom stereocenters. The van der Waals surface area contributed by atoms with Crippen molar-refractivity contribution in [3.05, 3.63) is 46.4 Å². The molecule has 6 nitrogen and oxygen atoms in total. The highest BCUT2D eigenvalue weighted by molar-refractivity contribution is 7.07. The van der Waals surface area contributed by atoms with Crippen LogP contribution in [0.25, 0.3) is 22.1 Å². The summed E-state index contributed by atoms with van der Waals surface area (Å²) < 4.78 is 5.67. The highest BCUT2D eigenvalue weighted by Crippen LogP contribution is 2.31. The lowest BCUT2D eigenvalue weighted by molar-refractivity contribution is 0.0186. The van der Waals surface area contributed by atoms with E-state index >= 15 is 0 Å². The first-order valence-corrected chi connectivity index (χ1v) is 9.82. The van der Waals surface area contributed by atoms with Crippen LogP contribution in [0.1, 0.15) is 42.8 Å². The molecule has 0 radical (unpaired) electrons. The van der Waals surface area contributed by atoms with Crippen molar-refractivity contribution >= 4 is 33.4 Å². The summed E-state index contributed by atoms with van der Waals surface area (Å²) in [5, 5.41) is 2.04. The molecule has 1 saturated heterocycles. The minimum atomic E-state index is 0.305. The molecule has 0 amide bonds. The second-order valence-electron chi connectivity index (χ2n) is 6.90. The van der Waals surface area contributed by atoms with Crippen molar-refractivity contribution in [3.63, 3.8) is 0 Å². The lowest BCUT2D eigenvalue weighted by atomic mass is 9.90. The van der Waals surface area contributed by atoms with E-state index in [-0.39, 0.29) is 0 Å². The molecule has 26 heavy (non-hydrogen) atoms. The van der Waals surface area contributed by atoms with Crippen molar-refractivity contribution in [1.82, 2.24) is 24.9 Å². The zero-order chi connectivity index (χ0) is 17.5. The molecule has 7 heteroatoms. The van der Waals surface area contributed by atoms with E-state index in [0.29, 0.717) is 18.4 Å². The summed E-state index contributed by atoms with van der Waals surface area (Å²) in [6.07, 6.45) is 6.92. The zero-order valence-corrected chi connectivity index (χ0v) is 15.3. The summed E-state index contributed by atoms with van der Waals surface area (Å²) in [4.78, 5) is 21.8. The van der Waals surface area contributed by atoms with E-state index in [9.17, 15) is 0 Å². The Morgan fingerprint density at radius 2 is 2.19 bits per heavy atom. The smallest absolute Gasteiger partial charge is 0.118 e. The highest BCUT2D eigenvalue weighted by atomic mass is 32.1. The third-order valence-electron chi connectivity index (χ3n) is 5.02. The lowest BCUT2D eigenvalue weighted by Crippen LogP contribution is -2.21. The number of fused-ring (bicyclic) bond motifs is 3. The summed E-state index contributed by atoms with van der Waals surface area (Å²) in [6.45, 7) is 2.95. The standard InChI is InChI=1S/C19H19N5OS/c1-11-4-12(2-3-25-11)13-5-15-18(21-7-13)19-16(8-20-15)23-17(24-19)6-14-9-26-10-22-14/h5,7-12H,2-4,6H2,1H3,(H,23,24)/t11-,12-/m1/s1. The van der Waals surface area contributed by atoms with E-state index in [2.05, 4.69) is 27.9 Å². The van der Waals surface area contributed by atoms with Crippen LogP contribution in [-0.2, 0) is 11.2 Å². The van der Waals surface area contributed by atoms with E-state index < -0.39 is 0 Å². The number of ether oxygens (including phenoxy) is 1. The first-order chi connectivity index (χ1) is 12.8. The quantitative estimate of drug-likeness (QED) is 0.597. The van der Waals surface area contributed by atoms with E-state index in [1.807, 2.05) is 23.3 Å². The largest absolute Gasteiger partial charge is 0.378 e.